The van der Waals surface area contributed by atoms with Gasteiger partial charge in [-0.3, -0.25) is 14.6 Å². The summed E-state index contributed by atoms with van der Waals surface area (Å²) in [7, 11) is 1.38. The number of ether oxygens (including phenoxy) is 1. The van der Waals surface area contributed by atoms with Crippen molar-refractivity contribution in [3.63, 3.8) is 0 Å². The molecule has 0 radical (unpaired) electrons. The maximum atomic E-state index is 12.4. The van der Waals surface area contributed by atoms with Gasteiger partial charge in [-0.15, -0.1) is 0 Å². The minimum atomic E-state index is -0.251. The van der Waals surface area contributed by atoms with E-state index in [1.165, 1.54) is 7.11 Å². The van der Waals surface area contributed by atoms with Crippen molar-refractivity contribution in [2.45, 2.75) is 38.1 Å². The van der Waals surface area contributed by atoms with Gasteiger partial charge in [0, 0.05) is 25.0 Å². The van der Waals surface area contributed by atoms with Crippen LogP contribution in [0.25, 0.3) is 0 Å². The van der Waals surface area contributed by atoms with E-state index in [0.29, 0.717) is 12.8 Å². The van der Waals surface area contributed by atoms with E-state index in [0.717, 1.165) is 31.4 Å². The van der Waals surface area contributed by atoms with Crippen LogP contribution < -0.4 is 0 Å². The van der Waals surface area contributed by atoms with Gasteiger partial charge in [-0.05, 0) is 37.0 Å². The lowest BCUT2D eigenvalue weighted by Gasteiger charge is -2.35. The van der Waals surface area contributed by atoms with Crippen molar-refractivity contribution in [1.29, 1.82) is 0 Å². The number of carbonyl (C=O) groups excluding carboxylic acids is 2. The van der Waals surface area contributed by atoms with Crippen molar-refractivity contribution in [2.75, 3.05) is 13.7 Å². The van der Waals surface area contributed by atoms with Crippen molar-refractivity contribution in [3.8, 4) is 0 Å². The molecular weight excluding hydrogens is 256 g/mol. The van der Waals surface area contributed by atoms with E-state index >= 15 is 0 Å². The molecule has 1 unspecified atom stereocenters. The Hall–Kier alpha value is -1.91. The molecule has 1 fully saturated rings. The van der Waals surface area contributed by atoms with Crippen LogP contribution in [0.5, 0.6) is 0 Å². The molecule has 20 heavy (non-hydrogen) atoms. The summed E-state index contributed by atoms with van der Waals surface area (Å²) < 4.78 is 4.71. The molecule has 0 bridgehead atoms. The Bertz CT molecular complexity index is 461. The van der Waals surface area contributed by atoms with Gasteiger partial charge in [-0.25, -0.2) is 0 Å². The molecule has 2 heterocycles. The third kappa shape index (κ3) is 3.79. The van der Waals surface area contributed by atoms with Crippen LogP contribution in [0.15, 0.2) is 24.5 Å². The van der Waals surface area contributed by atoms with E-state index < -0.39 is 0 Å². The largest absolute Gasteiger partial charge is 0.469 e. The van der Waals surface area contributed by atoms with Gasteiger partial charge in [0.2, 0.25) is 5.91 Å². The van der Waals surface area contributed by atoms with E-state index in [9.17, 15) is 9.59 Å². The van der Waals surface area contributed by atoms with Crippen LogP contribution in [-0.4, -0.2) is 41.5 Å². The van der Waals surface area contributed by atoms with E-state index in [-0.39, 0.29) is 17.9 Å². The summed E-state index contributed by atoms with van der Waals surface area (Å²) in [6, 6.07) is 3.67. The number of piperidine rings is 1. The Balaban J connectivity index is 2.00. The summed E-state index contributed by atoms with van der Waals surface area (Å²) in [4.78, 5) is 29.6. The molecule has 1 amide bonds. The fraction of sp³-hybridized carbons (Fsp3) is 0.533. The van der Waals surface area contributed by atoms with Gasteiger partial charge in [0.1, 0.15) is 0 Å². The van der Waals surface area contributed by atoms with E-state index in [1.54, 1.807) is 12.4 Å². The maximum Gasteiger partial charge on any atom is 0.307 e. The van der Waals surface area contributed by atoms with Gasteiger partial charge in [0.15, 0.2) is 0 Å². The molecule has 0 N–H and O–H groups in total. The predicted octanol–water partition coefficient (Wildman–Crippen LogP) is 1.57. The normalized spacial score (nSPS) is 18.6. The number of nitrogens with zero attached hydrogens (tertiary/aromatic N) is 2. The lowest BCUT2D eigenvalue weighted by Crippen LogP contribution is -2.45. The Kier molecular flexibility index (Phi) is 5.09. The van der Waals surface area contributed by atoms with E-state index in [2.05, 4.69) is 4.98 Å². The Labute approximate surface area is 118 Å². The number of carbonyl (C=O) groups is 2. The number of pyridine rings is 1. The highest BCUT2D eigenvalue weighted by Gasteiger charge is 2.28. The first kappa shape index (κ1) is 14.5. The Morgan fingerprint density at radius 3 is 2.80 bits per heavy atom. The van der Waals surface area contributed by atoms with Crippen LogP contribution in [-0.2, 0) is 20.7 Å². The highest BCUT2D eigenvalue weighted by molar-refractivity contribution is 5.80. The average Bonchev–Trinajstić information content (AvgIpc) is 2.48. The summed E-state index contributed by atoms with van der Waals surface area (Å²) >= 11 is 0. The van der Waals surface area contributed by atoms with Crippen molar-refractivity contribution in [2.24, 2.45) is 0 Å². The first-order valence-corrected chi connectivity index (χ1v) is 6.96. The summed E-state index contributed by atoms with van der Waals surface area (Å²) in [6.07, 6.45) is 6.95. The van der Waals surface area contributed by atoms with E-state index in [1.807, 2.05) is 17.0 Å². The van der Waals surface area contributed by atoms with Crippen LogP contribution >= 0.6 is 0 Å². The van der Waals surface area contributed by atoms with Crippen LogP contribution in [0, 0.1) is 0 Å². The number of aromatic nitrogens is 1. The fourth-order valence-corrected chi connectivity index (χ4v) is 2.59. The fourth-order valence-electron chi connectivity index (χ4n) is 2.59. The highest BCUT2D eigenvalue weighted by Crippen LogP contribution is 2.21. The molecule has 0 aromatic carbocycles. The lowest BCUT2D eigenvalue weighted by molar-refractivity contribution is -0.144. The third-order valence-corrected chi connectivity index (χ3v) is 3.68. The highest BCUT2D eigenvalue weighted by atomic mass is 16.5. The molecule has 108 valence electrons. The minimum absolute atomic E-state index is 0.0227. The monoisotopic (exact) mass is 276 g/mol. The standard InChI is InChI=1S/C15H20N2O3/c1-20-15(19)11-13-4-2-3-9-17(13)14(18)10-12-5-7-16-8-6-12/h5-8,13H,2-4,9-11H2,1H3. The quantitative estimate of drug-likeness (QED) is 0.783. The molecule has 1 aromatic rings. The van der Waals surface area contributed by atoms with Crippen LogP contribution in [0.2, 0.25) is 0 Å². The van der Waals surface area contributed by atoms with Crippen LogP contribution in [0.1, 0.15) is 31.2 Å². The molecule has 0 aliphatic carbocycles. The second kappa shape index (κ2) is 7.03. The zero-order valence-corrected chi connectivity index (χ0v) is 11.7. The molecule has 0 saturated carbocycles. The van der Waals surface area contributed by atoms with Gasteiger partial charge >= 0.3 is 5.97 Å². The molecule has 5 heteroatoms. The summed E-state index contributed by atoms with van der Waals surface area (Å²) in [5.74, 6) is -0.177. The molecule has 1 saturated heterocycles. The van der Waals surface area contributed by atoms with Crippen LogP contribution in [0.4, 0.5) is 0 Å². The van der Waals surface area contributed by atoms with Gasteiger partial charge in [-0.1, -0.05) is 0 Å². The molecule has 1 aliphatic rings. The first-order chi connectivity index (χ1) is 9.70. The summed E-state index contributed by atoms with van der Waals surface area (Å²) in [5.41, 5.74) is 0.951. The molecule has 1 aromatic heterocycles. The molecule has 1 aliphatic heterocycles. The Morgan fingerprint density at radius 2 is 2.10 bits per heavy atom. The average molecular weight is 276 g/mol. The van der Waals surface area contributed by atoms with Crippen molar-refractivity contribution >= 4 is 11.9 Å². The zero-order valence-electron chi connectivity index (χ0n) is 11.7. The van der Waals surface area contributed by atoms with E-state index in [4.69, 9.17) is 4.74 Å². The zero-order chi connectivity index (χ0) is 14.4. The maximum absolute atomic E-state index is 12.4. The summed E-state index contributed by atoms with van der Waals surface area (Å²) in [5, 5.41) is 0. The predicted molar refractivity (Wildman–Crippen MR) is 73.9 cm³/mol. The molecule has 0 spiro atoms. The van der Waals surface area contributed by atoms with Crippen molar-refractivity contribution in [3.05, 3.63) is 30.1 Å². The van der Waals surface area contributed by atoms with Crippen LogP contribution in [0.3, 0.4) is 0 Å². The molecular formula is C15H20N2O3. The Morgan fingerprint density at radius 1 is 1.35 bits per heavy atom. The molecule has 5 nitrogen and oxygen atoms in total. The minimum Gasteiger partial charge on any atom is -0.469 e. The van der Waals surface area contributed by atoms with Crippen molar-refractivity contribution in [1.82, 2.24) is 9.88 Å². The smallest absolute Gasteiger partial charge is 0.307 e. The van der Waals surface area contributed by atoms with Gasteiger partial charge in [-0.2, -0.15) is 0 Å². The topological polar surface area (TPSA) is 59.5 Å². The number of amides is 1. The number of hydrogen-bond donors (Lipinski definition) is 0. The first-order valence-electron chi connectivity index (χ1n) is 6.96. The number of hydrogen-bond acceptors (Lipinski definition) is 4. The second-order valence-electron chi connectivity index (χ2n) is 5.05. The lowest BCUT2D eigenvalue weighted by atomic mass is 9.98. The van der Waals surface area contributed by atoms with Gasteiger partial charge < -0.3 is 9.64 Å². The SMILES string of the molecule is COC(=O)CC1CCCCN1C(=O)Cc1ccncc1. The number of likely N-dealkylation sites (tertiary alicyclic amines) is 1. The van der Waals surface area contributed by atoms with Gasteiger partial charge in [0.05, 0.1) is 20.0 Å². The summed E-state index contributed by atoms with van der Waals surface area (Å²) in [6.45, 7) is 0.728. The molecule has 2 rings (SSSR count). The number of methoxy groups -OCH3 is 1. The third-order valence-electron chi connectivity index (χ3n) is 3.68. The van der Waals surface area contributed by atoms with Gasteiger partial charge in [0.25, 0.3) is 0 Å². The van der Waals surface area contributed by atoms with Crippen molar-refractivity contribution < 1.29 is 14.3 Å². The number of rotatable bonds is 4. The number of esters is 1. The molecule has 1 atom stereocenters. The second-order valence-corrected chi connectivity index (χ2v) is 5.05.